The first-order valence-corrected chi connectivity index (χ1v) is 7.62. The first kappa shape index (κ1) is 16.6. The first-order valence-electron chi connectivity index (χ1n) is 7.62. The summed E-state index contributed by atoms with van der Waals surface area (Å²) < 4.78 is 24.6. The van der Waals surface area contributed by atoms with Gasteiger partial charge in [0.15, 0.2) is 11.6 Å². The van der Waals surface area contributed by atoms with Crippen LogP contribution in [0, 0.1) is 19.7 Å². The van der Waals surface area contributed by atoms with Crippen molar-refractivity contribution in [3.8, 4) is 11.5 Å². The van der Waals surface area contributed by atoms with Crippen LogP contribution >= 0.6 is 0 Å². The van der Waals surface area contributed by atoms with Crippen molar-refractivity contribution in [3.05, 3.63) is 71.1 Å². The molecule has 0 aliphatic rings. The number of aromatic nitrogens is 2. The van der Waals surface area contributed by atoms with Crippen molar-refractivity contribution in [1.82, 2.24) is 15.5 Å². The zero-order valence-corrected chi connectivity index (χ0v) is 13.7. The molecule has 25 heavy (non-hydrogen) atoms. The van der Waals surface area contributed by atoms with Crippen LogP contribution in [0.2, 0.25) is 0 Å². The van der Waals surface area contributed by atoms with E-state index in [2.05, 4.69) is 15.5 Å². The molecule has 2 aromatic heterocycles. The Hall–Kier alpha value is -3.22. The largest absolute Gasteiger partial charge is 0.453 e. The fraction of sp³-hybridized carbons (Fsp3) is 0.167. The van der Waals surface area contributed by atoms with E-state index in [0.717, 1.165) is 0 Å². The molecule has 1 N–H and O–H groups in total. The number of rotatable bonds is 5. The second-order valence-corrected chi connectivity index (χ2v) is 5.44. The van der Waals surface area contributed by atoms with Crippen LogP contribution in [0.5, 0.6) is 11.5 Å². The van der Waals surface area contributed by atoms with Gasteiger partial charge < -0.3 is 14.6 Å². The normalized spacial score (nSPS) is 10.5. The summed E-state index contributed by atoms with van der Waals surface area (Å²) in [6.07, 6.45) is 3.10. The number of aryl methyl sites for hydroxylation is 2. The van der Waals surface area contributed by atoms with Crippen LogP contribution in [0.25, 0.3) is 0 Å². The minimum absolute atomic E-state index is 0.0915. The lowest BCUT2D eigenvalue weighted by Gasteiger charge is -2.09. The minimum atomic E-state index is -0.520. The molecule has 0 unspecified atom stereocenters. The zero-order chi connectivity index (χ0) is 17.8. The summed E-state index contributed by atoms with van der Waals surface area (Å²) in [4.78, 5) is 16.1. The maximum absolute atomic E-state index is 14.2. The van der Waals surface area contributed by atoms with Gasteiger partial charge in [-0.05, 0) is 43.7 Å². The highest BCUT2D eigenvalue weighted by Crippen LogP contribution is 2.24. The number of nitrogens with one attached hydrogen (secondary N) is 1. The number of halogens is 1. The number of ether oxygens (including phenoxy) is 1. The van der Waals surface area contributed by atoms with Crippen LogP contribution in [0.4, 0.5) is 4.39 Å². The van der Waals surface area contributed by atoms with Gasteiger partial charge >= 0.3 is 0 Å². The van der Waals surface area contributed by atoms with Crippen LogP contribution in [0.3, 0.4) is 0 Å². The van der Waals surface area contributed by atoms with Gasteiger partial charge in [0.05, 0.1) is 11.9 Å². The van der Waals surface area contributed by atoms with Gasteiger partial charge in [-0.3, -0.25) is 9.78 Å². The maximum Gasteiger partial charge on any atom is 0.257 e. The highest BCUT2D eigenvalue weighted by molar-refractivity contribution is 5.96. The molecule has 0 saturated carbocycles. The molecule has 0 spiro atoms. The van der Waals surface area contributed by atoms with Gasteiger partial charge in [-0.15, -0.1) is 0 Å². The third-order valence-corrected chi connectivity index (χ3v) is 3.57. The summed E-state index contributed by atoms with van der Waals surface area (Å²) in [5.74, 6) is 0.149. The van der Waals surface area contributed by atoms with Gasteiger partial charge in [-0.1, -0.05) is 11.2 Å². The zero-order valence-electron chi connectivity index (χ0n) is 13.7. The summed E-state index contributed by atoms with van der Waals surface area (Å²) >= 11 is 0. The molecule has 6 nitrogen and oxygen atoms in total. The van der Waals surface area contributed by atoms with Gasteiger partial charge in [-0.25, -0.2) is 4.39 Å². The second-order valence-electron chi connectivity index (χ2n) is 5.44. The van der Waals surface area contributed by atoms with E-state index in [1.54, 1.807) is 38.2 Å². The molecule has 1 amide bonds. The van der Waals surface area contributed by atoms with Gasteiger partial charge in [0.1, 0.15) is 17.1 Å². The Kier molecular flexibility index (Phi) is 4.74. The van der Waals surface area contributed by atoms with E-state index in [1.165, 1.54) is 18.3 Å². The van der Waals surface area contributed by atoms with Crippen molar-refractivity contribution in [1.29, 1.82) is 0 Å². The van der Waals surface area contributed by atoms with Gasteiger partial charge in [0.2, 0.25) is 0 Å². The Morgan fingerprint density at radius 3 is 2.80 bits per heavy atom. The highest BCUT2D eigenvalue weighted by atomic mass is 19.1. The van der Waals surface area contributed by atoms with E-state index in [9.17, 15) is 9.18 Å². The van der Waals surface area contributed by atoms with Crippen molar-refractivity contribution >= 4 is 5.91 Å². The lowest BCUT2D eigenvalue weighted by molar-refractivity contribution is 0.0949. The highest BCUT2D eigenvalue weighted by Gasteiger charge is 2.17. The number of nitrogens with zero attached hydrogens (tertiary/aromatic N) is 2. The SMILES string of the molecule is Cc1noc(C)c1C(=O)NCc1ccc(Oc2cccnc2)c(F)c1. The molecule has 3 aromatic rings. The average molecular weight is 341 g/mol. The molecular weight excluding hydrogens is 325 g/mol. The maximum atomic E-state index is 14.2. The molecule has 3 rings (SSSR count). The van der Waals surface area contributed by atoms with E-state index in [4.69, 9.17) is 9.26 Å². The fourth-order valence-corrected chi connectivity index (χ4v) is 2.35. The number of amides is 1. The van der Waals surface area contributed by atoms with Crippen LogP contribution < -0.4 is 10.1 Å². The molecule has 7 heteroatoms. The Morgan fingerprint density at radius 2 is 2.16 bits per heavy atom. The van der Waals surface area contributed by atoms with E-state index in [1.807, 2.05) is 0 Å². The average Bonchev–Trinajstić information content (AvgIpc) is 2.94. The number of hydrogen-bond acceptors (Lipinski definition) is 5. The van der Waals surface area contributed by atoms with Crippen molar-refractivity contribution in [2.24, 2.45) is 0 Å². The first-order chi connectivity index (χ1) is 12.0. The summed E-state index contributed by atoms with van der Waals surface area (Å²) in [5.41, 5.74) is 1.52. The van der Waals surface area contributed by atoms with E-state index in [-0.39, 0.29) is 18.2 Å². The number of carbonyl (C=O) groups excluding carboxylic acids is 1. The third-order valence-electron chi connectivity index (χ3n) is 3.57. The lowest BCUT2D eigenvalue weighted by Crippen LogP contribution is -2.23. The summed E-state index contributed by atoms with van der Waals surface area (Å²) in [5, 5.41) is 6.46. The van der Waals surface area contributed by atoms with Crippen molar-refractivity contribution in [3.63, 3.8) is 0 Å². The van der Waals surface area contributed by atoms with Crippen LogP contribution in [0.1, 0.15) is 27.4 Å². The summed E-state index contributed by atoms with van der Waals surface area (Å²) in [6.45, 7) is 3.53. The van der Waals surface area contributed by atoms with Crippen molar-refractivity contribution in [2.75, 3.05) is 0 Å². The molecule has 0 fully saturated rings. The number of pyridine rings is 1. The molecule has 0 atom stereocenters. The molecule has 0 radical (unpaired) electrons. The van der Waals surface area contributed by atoms with Crippen LogP contribution in [-0.2, 0) is 6.54 Å². The smallest absolute Gasteiger partial charge is 0.257 e. The predicted molar refractivity (Wildman–Crippen MR) is 87.9 cm³/mol. The molecule has 2 heterocycles. The summed E-state index contributed by atoms with van der Waals surface area (Å²) in [7, 11) is 0. The van der Waals surface area contributed by atoms with Gasteiger partial charge in [0, 0.05) is 12.7 Å². The van der Waals surface area contributed by atoms with Gasteiger partial charge in [0.25, 0.3) is 5.91 Å². The van der Waals surface area contributed by atoms with Crippen LogP contribution in [-0.4, -0.2) is 16.0 Å². The minimum Gasteiger partial charge on any atom is -0.453 e. The molecule has 0 aliphatic carbocycles. The monoisotopic (exact) mass is 341 g/mol. The summed E-state index contributed by atoms with van der Waals surface area (Å²) in [6, 6.07) is 7.90. The topological polar surface area (TPSA) is 77.2 Å². The van der Waals surface area contributed by atoms with Crippen molar-refractivity contribution in [2.45, 2.75) is 20.4 Å². The molecule has 1 aromatic carbocycles. The predicted octanol–water partition coefficient (Wildman–Crippen LogP) is 3.55. The Morgan fingerprint density at radius 1 is 1.32 bits per heavy atom. The molecule has 0 aliphatic heterocycles. The van der Waals surface area contributed by atoms with E-state index >= 15 is 0 Å². The molecule has 128 valence electrons. The fourth-order valence-electron chi connectivity index (χ4n) is 2.35. The molecule has 0 saturated heterocycles. The second kappa shape index (κ2) is 7.12. The third kappa shape index (κ3) is 3.82. The van der Waals surface area contributed by atoms with E-state index < -0.39 is 5.82 Å². The standard InChI is InChI=1S/C18H16FN3O3/c1-11-17(12(2)25-22-11)18(23)21-9-13-5-6-16(15(19)8-13)24-14-4-3-7-20-10-14/h3-8,10H,9H2,1-2H3,(H,21,23). The molecular formula is C18H16FN3O3. The number of benzene rings is 1. The van der Waals surface area contributed by atoms with Gasteiger partial charge in [-0.2, -0.15) is 0 Å². The van der Waals surface area contributed by atoms with Crippen LogP contribution in [0.15, 0.2) is 47.2 Å². The Labute approximate surface area is 143 Å². The Bertz CT molecular complexity index is 874. The Balaban J connectivity index is 1.66. The molecule has 0 bridgehead atoms. The quantitative estimate of drug-likeness (QED) is 0.768. The number of carbonyl (C=O) groups is 1. The number of hydrogen-bond donors (Lipinski definition) is 1. The van der Waals surface area contributed by atoms with E-state index in [0.29, 0.717) is 28.3 Å². The lowest BCUT2D eigenvalue weighted by atomic mass is 10.1. The van der Waals surface area contributed by atoms with Crippen molar-refractivity contribution < 1.29 is 18.4 Å².